The van der Waals surface area contributed by atoms with Gasteiger partial charge in [0.25, 0.3) is 0 Å². The zero-order valence-electron chi connectivity index (χ0n) is 18.9. The maximum atomic E-state index is 13.6. The number of hydrogen-bond donors (Lipinski definition) is 0. The highest BCUT2D eigenvalue weighted by Crippen LogP contribution is 2.27. The van der Waals surface area contributed by atoms with E-state index in [1.165, 1.54) is 27.6 Å². The number of anilines is 1. The Balaban J connectivity index is 1.53. The summed E-state index contributed by atoms with van der Waals surface area (Å²) >= 11 is 2.57. The highest BCUT2D eigenvalue weighted by molar-refractivity contribution is 7.23. The van der Waals surface area contributed by atoms with Crippen LogP contribution in [0.25, 0.3) is 20.4 Å². The van der Waals surface area contributed by atoms with Gasteiger partial charge in [0.1, 0.15) is 0 Å². The lowest BCUT2D eigenvalue weighted by molar-refractivity contribution is 0.105. The molecule has 0 unspecified atom stereocenters. The van der Waals surface area contributed by atoms with Gasteiger partial charge in [-0.1, -0.05) is 47.6 Å². The van der Waals surface area contributed by atoms with E-state index in [4.69, 9.17) is 4.84 Å². The molecule has 9 heteroatoms. The molecule has 0 atom stereocenters. The number of fused-ring (bicyclic) bond motifs is 2. The third-order valence-electron chi connectivity index (χ3n) is 5.16. The first-order valence-corrected chi connectivity index (χ1v) is 12.5. The second-order valence-corrected chi connectivity index (χ2v) is 9.96. The van der Waals surface area contributed by atoms with E-state index in [2.05, 4.69) is 15.1 Å². The smallest absolute Gasteiger partial charge is 0.297 e. The van der Waals surface area contributed by atoms with Crippen molar-refractivity contribution in [2.24, 2.45) is 5.16 Å². The van der Waals surface area contributed by atoms with Crippen LogP contribution in [0.4, 0.5) is 10.5 Å². The van der Waals surface area contributed by atoms with Gasteiger partial charge in [-0.05, 0) is 50.2 Å². The van der Waals surface area contributed by atoms with Crippen LogP contribution in [0.15, 0.2) is 84.0 Å². The Bertz CT molecular complexity index is 1490. The Kier molecular flexibility index (Phi) is 6.35. The number of carbonyl (C=O) groups excluding carboxylic acids is 2. The lowest BCUT2D eigenvalue weighted by Crippen LogP contribution is -2.37. The zero-order valence-corrected chi connectivity index (χ0v) is 20.5. The molecule has 0 aliphatic carbocycles. The van der Waals surface area contributed by atoms with Crippen LogP contribution in [-0.4, -0.2) is 33.6 Å². The first-order chi connectivity index (χ1) is 17.0. The summed E-state index contributed by atoms with van der Waals surface area (Å²) in [5, 5.41) is 4.67. The van der Waals surface area contributed by atoms with Gasteiger partial charge in [-0.2, -0.15) is 0 Å². The van der Waals surface area contributed by atoms with E-state index < -0.39 is 11.9 Å². The van der Waals surface area contributed by atoms with Gasteiger partial charge in [0.15, 0.2) is 15.7 Å². The molecule has 0 bridgehead atoms. The summed E-state index contributed by atoms with van der Waals surface area (Å²) in [5.74, 6) is -0.450. The topological polar surface area (TPSA) is 84.8 Å². The Morgan fingerprint density at radius 2 is 1.34 bits per heavy atom. The van der Waals surface area contributed by atoms with E-state index in [0.29, 0.717) is 10.7 Å². The van der Waals surface area contributed by atoms with Crippen molar-refractivity contribution >= 4 is 66.4 Å². The maximum Gasteiger partial charge on any atom is 0.440 e. The van der Waals surface area contributed by atoms with Crippen LogP contribution in [0.3, 0.4) is 0 Å². The standard InChI is InChI=1S/C26H20N4O3S2/c1-16(2)30(17-10-4-3-5-11-17)26(32)33-29-22(24-27-18-12-6-8-14-20(18)34-24)23(31)25-28-19-13-7-9-15-21(19)35-25/h3-16H,1-2H3. The number of Topliss-reactive ketones (excluding diaryl/α,β-unsaturated/α-hetero) is 1. The van der Waals surface area contributed by atoms with Gasteiger partial charge < -0.3 is 0 Å². The molecule has 0 N–H and O–H groups in total. The number of carbonyl (C=O) groups is 2. The van der Waals surface area contributed by atoms with Gasteiger partial charge in [-0.25, -0.2) is 14.8 Å². The minimum absolute atomic E-state index is 0.0598. The van der Waals surface area contributed by atoms with E-state index in [9.17, 15) is 9.59 Å². The molecule has 0 saturated heterocycles. The fourth-order valence-electron chi connectivity index (χ4n) is 3.55. The summed E-state index contributed by atoms with van der Waals surface area (Å²) in [6, 6.07) is 24.0. The molecule has 2 aromatic heterocycles. The summed E-state index contributed by atoms with van der Waals surface area (Å²) in [6.45, 7) is 3.75. The molecule has 0 aliphatic rings. The fraction of sp³-hybridized carbons (Fsp3) is 0.115. The van der Waals surface area contributed by atoms with Gasteiger partial charge in [0.05, 0.1) is 20.4 Å². The van der Waals surface area contributed by atoms with Crippen LogP contribution >= 0.6 is 22.7 Å². The Morgan fingerprint density at radius 3 is 1.94 bits per heavy atom. The van der Waals surface area contributed by atoms with Crippen molar-refractivity contribution in [3.8, 4) is 0 Å². The first kappa shape index (κ1) is 22.8. The molecule has 2 heterocycles. The molecule has 5 rings (SSSR count). The van der Waals surface area contributed by atoms with Crippen molar-refractivity contribution in [1.82, 2.24) is 9.97 Å². The predicted molar refractivity (Wildman–Crippen MR) is 141 cm³/mol. The highest BCUT2D eigenvalue weighted by Gasteiger charge is 2.27. The minimum atomic E-state index is -0.693. The molecule has 174 valence electrons. The molecule has 0 fully saturated rings. The van der Waals surface area contributed by atoms with Gasteiger partial charge in [-0.3, -0.25) is 14.5 Å². The van der Waals surface area contributed by atoms with Crippen LogP contribution in [0.1, 0.15) is 28.7 Å². The summed E-state index contributed by atoms with van der Waals surface area (Å²) in [6.07, 6.45) is -0.693. The van der Waals surface area contributed by atoms with Crippen LogP contribution in [-0.2, 0) is 4.84 Å². The largest absolute Gasteiger partial charge is 0.440 e. The van der Waals surface area contributed by atoms with Crippen molar-refractivity contribution in [2.75, 3.05) is 4.90 Å². The van der Waals surface area contributed by atoms with Crippen LogP contribution in [0, 0.1) is 0 Å². The molecule has 0 aliphatic heterocycles. The van der Waals surface area contributed by atoms with E-state index in [1.54, 1.807) is 0 Å². The van der Waals surface area contributed by atoms with Crippen LogP contribution in [0.2, 0.25) is 0 Å². The van der Waals surface area contributed by atoms with Crippen LogP contribution < -0.4 is 4.90 Å². The van der Waals surface area contributed by atoms with Gasteiger partial charge in [0, 0.05) is 11.7 Å². The normalized spacial score (nSPS) is 11.8. The summed E-state index contributed by atoms with van der Waals surface area (Å²) in [5.41, 5.74) is 2.06. The van der Waals surface area contributed by atoms with Gasteiger partial charge >= 0.3 is 6.09 Å². The zero-order chi connectivity index (χ0) is 24.4. The van der Waals surface area contributed by atoms with Crippen molar-refractivity contribution < 1.29 is 14.4 Å². The summed E-state index contributed by atoms with van der Waals surface area (Å²) in [7, 11) is 0. The number of thiazole rings is 2. The SMILES string of the molecule is CC(C)N(C(=O)ON=C(C(=O)c1nc2ccccc2s1)c1nc2ccccc2s1)c1ccccc1. The lowest BCUT2D eigenvalue weighted by atomic mass is 10.2. The second kappa shape index (κ2) is 9.73. The Labute approximate surface area is 209 Å². The molecular formula is C26H20N4O3S2. The highest BCUT2D eigenvalue weighted by atomic mass is 32.1. The molecular weight excluding hydrogens is 480 g/mol. The number of nitrogens with zero attached hydrogens (tertiary/aromatic N) is 4. The van der Waals surface area contributed by atoms with Crippen molar-refractivity contribution in [3.05, 3.63) is 88.9 Å². The molecule has 1 amide bonds. The minimum Gasteiger partial charge on any atom is -0.297 e. The van der Waals surface area contributed by atoms with E-state index in [0.717, 1.165) is 20.4 Å². The molecule has 35 heavy (non-hydrogen) atoms. The first-order valence-electron chi connectivity index (χ1n) is 10.9. The third-order valence-corrected chi connectivity index (χ3v) is 7.24. The second-order valence-electron chi connectivity index (χ2n) is 7.90. The third kappa shape index (κ3) is 4.68. The number of rotatable bonds is 6. The van der Waals surface area contributed by atoms with Crippen LogP contribution in [0.5, 0.6) is 0 Å². The van der Waals surface area contributed by atoms with Gasteiger partial charge in [0.2, 0.25) is 5.78 Å². The van der Waals surface area contributed by atoms with E-state index in [1.807, 2.05) is 92.7 Å². The number of benzene rings is 3. The fourth-order valence-corrected chi connectivity index (χ4v) is 5.40. The molecule has 3 aromatic carbocycles. The Morgan fingerprint density at radius 1 is 0.800 bits per heavy atom. The number of aromatic nitrogens is 2. The monoisotopic (exact) mass is 500 g/mol. The maximum absolute atomic E-state index is 13.6. The quantitative estimate of drug-likeness (QED) is 0.114. The molecule has 0 spiro atoms. The summed E-state index contributed by atoms with van der Waals surface area (Å²) in [4.78, 5) is 42.5. The number of oxime groups is 1. The van der Waals surface area contributed by atoms with E-state index in [-0.39, 0.29) is 16.8 Å². The average molecular weight is 501 g/mol. The van der Waals surface area contributed by atoms with Crippen molar-refractivity contribution in [1.29, 1.82) is 0 Å². The number of ketones is 1. The number of hydrogen-bond acceptors (Lipinski definition) is 8. The molecule has 0 saturated carbocycles. The van der Waals surface area contributed by atoms with Crippen molar-refractivity contribution in [2.45, 2.75) is 19.9 Å². The molecule has 0 radical (unpaired) electrons. The average Bonchev–Trinajstić information content (AvgIpc) is 3.49. The molecule has 7 nitrogen and oxygen atoms in total. The predicted octanol–water partition coefficient (Wildman–Crippen LogP) is 6.54. The van der Waals surface area contributed by atoms with Crippen molar-refractivity contribution in [3.63, 3.8) is 0 Å². The van der Waals surface area contributed by atoms with E-state index >= 15 is 0 Å². The Hall–Kier alpha value is -3.95. The van der Waals surface area contributed by atoms with Gasteiger partial charge in [-0.15, -0.1) is 22.7 Å². The summed E-state index contributed by atoms with van der Waals surface area (Å²) < 4.78 is 1.78. The molecule has 5 aromatic rings. The number of para-hydroxylation sites is 3. The lowest BCUT2D eigenvalue weighted by Gasteiger charge is -2.24. The number of amides is 1.